The van der Waals surface area contributed by atoms with Gasteiger partial charge in [0.05, 0.1) is 36.1 Å². The summed E-state index contributed by atoms with van der Waals surface area (Å²) in [6.07, 6.45) is 0. The van der Waals surface area contributed by atoms with E-state index in [-0.39, 0.29) is 5.91 Å². The zero-order chi connectivity index (χ0) is 21.6. The molecule has 0 aliphatic carbocycles. The molecule has 0 saturated carbocycles. The van der Waals surface area contributed by atoms with Crippen LogP contribution in [0.1, 0.15) is 17.3 Å². The van der Waals surface area contributed by atoms with E-state index in [0.29, 0.717) is 6.54 Å². The third-order valence-electron chi connectivity index (χ3n) is 5.22. The molecule has 2 heterocycles. The highest BCUT2D eigenvalue weighted by molar-refractivity contribution is 7.99. The van der Waals surface area contributed by atoms with Crippen molar-refractivity contribution in [3.05, 3.63) is 48.0 Å². The lowest BCUT2D eigenvalue weighted by Gasteiger charge is -2.29. The third-order valence-corrected chi connectivity index (χ3v) is 7.24. The van der Waals surface area contributed by atoms with E-state index in [1.807, 2.05) is 47.4 Å². The number of morpholine rings is 1. The van der Waals surface area contributed by atoms with Crippen LogP contribution in [0.2, 0.25) is 0 Å². The molecule has 0 unspecified atom stereocenters. The lowest BCUT2D eigenvalue weighted by molar-refractivity contribution is 0.0391. The molecule has 0 N–H and O–H groups in total. The molecule has 4 rings (SSSR count). The number of nitrogens with zero attached hydrogens (tertiary/aromatic N) is 3. The Hall–Kier alpha value is -2.13. The smallest absolute Gasteiger partial charge is 0.261 e. The van der Waals surface area contributed by atoms with Gasteiger partial charge in [-0.2, -0.15) is 0 Å². The highest BCUT2D eigenvalue weighted by Crippen LogP contribution is 2.33. The molecule has 2 aromatic carbocycles. The SMILES string of the molecule is CCSc1ccccc1C(=O)N(CCN1CCOCC1)c1nc2cc(OC)ccc2s1. The summed E-state index contributed by atoms with van der Waals surface area (Å²) >= 11 is 3.23. The van der Waals surface area contributed by atoms with Crippen molar-refractivity contribution in [3.8, 4) is 5.75 Å². The van der Waals surface area contributed by atoms with Crippen LogP contribution in [0.15, 0.2) is 47.4 Å². The number of ether oxygens (including phenoxy) is 2. The van der Waals surface area contributed by atoms with Crippen LogP contribution in [0.4, 0.5) is 5.13 Å². The summed E-state index contributed by atoms with van der Waals surface area (Å²) in [6, 6.07) is 13.7. The molecule has 1 saturated heterocycles. The number of thioether (sulfide) groups is 1. The van der Waals surface area contributed by atoms with Crippen LogP contribution in [-0.4, -0.2) is 68.0 Å². The number of carbonyl (C=O) groups excluding carboxylic acids is 1. The molecule has 0 bridgehead atoms. The normalized spacial score (nSPS) is 14.6. The summed E-state index contributed by atoms with van der Waals surface area (Å²) in [6.45, 7) is 6.74. The number of anilines is 1. The first kappa shape index (κ1) is 22.1. The number of rotatable bonds is 8. The number of thiazole rings is 1. The van der Waals surface area contributed by atoms with Crippen molar-refractivity contribution in [3.63, 3.8) is 0 Å². The number of carbonyl (C=O) groups is 1. The lowest BCUT2D eigenvalue weighted by atomic mass is 10.2. The number of amides is 1. The maximum absolute atomic E-state index is 13.7. The van der Waals surface area contributed by atoms with E-state index >= 15 is 0 Å². The van der Waals surface area contributed by atoms with Crippen LogP contribution in [0.5, 0.6) is 5.75 Å². The topological polar surface area (TPSA) is 54.9 Å². The molecule has 0 spiro atoms. The number of fused-ring (bicyclic) bond motifs is 1. The minimum atomic E-state index is -0.00386. The van der Waals surface area contributed by atoms with E-state index in [4.69, 9.17) is 14.5 Å². The number of hydrogen-bond donors (Lipinski definition) is 0. The molecule has 1 aliphatic heterocycles. The van der Waals surface area contributed by atoms with E-state index < -0.39 is 0 Å². The Morgan fingerprint density at radius 2 is 2.06 bits per heavy atom. The van der Waals surface area contributed by atoms with Gasteiger partial charge < -0.3 is 9.47 Å². The standard InChI is InChI=1S/C23H27N3O3S2/c1-3-30-20-7-5-4-6-18(20)22(27)26(11-10-25-12-14-29-15-13-25)23-24-19-16-17(28-2)8-9-21(19)31-23/h4-9,16H,3,10-15H2,1-2H3. The maximum Gasteiger partial charge on any atom is 0.261 e. The average molecular weight is 458 g/mol. The van der Waals surface area contributed by atoms with Crippen LogP contribution < -0.4 is 9.64 Å². The Balaban J connectivity index is 1.66. The molecule has 1 aliphatic rings. The molecule has 1 fully saturated rings. The number of hydrogen-bond acceptors (Lipinski definition) is 7. The second-order valence-electron chi connectivity index (χ2n) is 7.17. The molecule has 164 valence electrons. The van der Waals surface area contributed by atoms with Gasteiger partial charge in [-0.15, -0.1) is 11.8 Å². The molecule has 31 heavy (non-hydrogen) atoms. The van der Waals surface area contributed by atoms with Gasteiger partial charge in [0.25, 0.3) is 5.91 Å². The van der Waals surface area contributed by atoms with Crippen LogP contribution in [-0.2, 0) is 4.74 Å². The minimum Gasteiger partial charge on any atom is -0.497 e. The lowest BCUT2D eigenvalue weighted by Crippen LogP contribution is -2.43. The van der Waals surface area contributed by atoms with Crippen molar-refractivity contribution in [2.75, 3.05) is 57.2 Å². The summed E-state index contributed by atoms with van der Waals surface area (Å²) < 4.78 is 11.8. The predicted octanol–water partition coefficient (Wildman–Crippen LogP) is 4.40. The van der Waals surface area contributed by atoms with E-state index in [2.05, 4.69) is 11.8 Å². The summed E-state index contributed by atoms with van der Waals surface area (Å²) in [5.41, 5.74) is 1.58. The van der Waals surface area contributed by atoms with Gasteiger partial charge in [0, 0.05) is 37.1 Å². The molecule has 0 radical (unpaired) electrons. The Morgan fingerprint density at radius 1 is 1.26 bits per heavy atom. The minimum absolute atomic E-state index is 0.00386. The Morgan fingerprint density at radius 3 is 2.84 bits per heavy atom. The van der Waals surface area contributed by atoms with Crippen molar-refractivity contribution >= 4 is 44.4 Å². The van der Waals surface area contributed by atoms with E-state index in [0.717, 1.165) is 70.2 Å². The van der Waals surface area contributed by atoms with Crippen LogP contribution in [0.3, 0.4) is 0 Å². The molecular weight excluding hydrogens is 430 g/mol. The first-order chi connectivity index (χ1) is 15.2. The first-order valence-corrected chi connectivity index (χ1v) is 12.3. The fourth-order valence-electron chi connectivity index (χ4n) is 3.56. The van der Waals surface area contributed by atoms with Gasteiger partial charge >= 0.3 is 0 Å². The quantitative estimate of drug-likeness (QED) is 0.468. The van der Waals surface area contributed by atoms with Gasteiger partial charge in [-0.25, -0.2) is 4.98 Å². The molecule has 1 aromatic heterocycles. The van der Waals surface area contributed by atoms with E-state index in [1.54, 1.807) is 30.2 Å². The molecule has 0 atom stereocenters. The Bertz CT molecular complexity index is 1030. The number of aromatic nitrogens is 1. The zero-order valence-electron chi connectivity index (χ0n) is 17.9. The van der Waals surface area contributed by atoms with E-state index in [9.17, 15) is 4.79 Å². The maximum atomic E-state index is 13.7. The average Bonchev–Trinajstić information content (AvgIpc) is 3.23. The molecular formula is C23H27N3O3S2. The summed E-state index contributed by atoms with van der Waals surface area (Å²) in [5.74, 6) is 1.68. The van der Waals surface area contributed by atoms with Gasteiger partial charge in [-0.05, 0) is 30.0 Å². The Labute approximate surface area is 191 Å². The van der Waals surface area contributed by atoms with E-state index in [1.165, 1.54) is 0 Å². The van der Waals surface area contributed by atoms with Crippen LogP contribution in [0, 0.1) is 0 Å². The van der Waals surface area contributed by atoms with Crippen molar-refractivity contribution in [1.82, 2.24) is 9.88 Å². The van der Waals surface area contributed by atoms with Gasteiger partial charge in [-0.1, -0.05) is 30.4 Å². The second-order valence-corrected chi connectivity index (χ2v) is 9.49. The van der Waals surface area contributed by atoms with Crippen molar-refractivity contribution < 1.29 is 14.3 Å². The summed E-state index contributed by atoms with van der Waals surface area (Å²) in [4.78, 5) is 23.7. The van der Waals surface area contributed by atoms with Crippen LogP contribution >= 0.6 is 23.1 Å². The molecule has 6 nitrogen and oxygen atoms in total. The highest BCUT2D eigenvalue weighted by atomic mass is 32.2. The van der Waals surface area contributed by atoms with Gasteiger partial charge in [0.1, 0.15) is 5.75 Å². The predicted molar refractivity (Wildman–Crippen MR) is 128 cm³/mol. The van der Waals surface area contributed by atoms with Gasteiger partial charge in [0.15, 0.2) is 5.13 Å². The van der Waals surface area contributed by atoms with Crippen molar-refractivity contribution in [1.29, 1.82) is 0 Å². The van der Waals surface area contributed by atoms with Crippen molar-refractivity contribution in [2.24, 2.45) is 0 Å². The van der Waals surface area contributed by atoms with Gasteiger partial charge in [-0.3, -0.25) is 14.6 Å². The summed E-state index contributed by atoms with van der Waals surface area (Å²) in [5, 5.41) is 0.720. The second kappa shape index (κ2) is 10.5. The zero-order valence-corrected chi connectivity index (χ0v) is 19.5. The van der Waals surface area contributed by atoms with Crippen LogP contribution in [0.25, 0.3) is 10.2 Å². The fourth-order valence-corrected chi connectivity index (χ4v) is 5.32. The molecule has 1 amide bonds. The first-order valence-electron chi connectivity index (χ1n) is 10.5. The Kier molecular flexibility index (Phi) is 7.45. The molecule has 8 heteroatoms. The fraction of sp³-hybridized carbons (Fsp3) is 0.391. The van der Waals surface area contributed by atoms with Crippen molar-refractivity contribution in [2.45, 2.75) is 11.8 Å². The summed E-state index contributed by atoms with van der Waals surface area (Å²) in [7, 11) is 1.65. The highest BCUT2D eigenvalue weighted by Gasteiger charge is 2.24. The number of benzene rings is 2. The molecule has 3 aromatic rings. The largest absolute Gasteiger partial charge is 0.497 e. The van der Waals surface area contributed by atoms with Gasteiger partial charge in [0.2, 0.25) is 0 Å². The monoisotopic (exact) mass is 457 g/mol. The number of methoxy groups -OCH3 is 1. The third kappa shape index (κ3) is 5.20.